The van der Waals surface area contributed by atoms with Gasteiger partial charge in [0.25, 0.3) is 5.91 Å². The zero-order valence-corrected chi connectivity index (χ0v) is 10.9. The molecule has 1 amide bonds. The van der Waals surface area contributed by atoms with Gasteiger partial charge in [-0.2, -0.15) is 5.21 Å². The maximum Gasteiger partial charge on any atom is 0.254 e. The molecule has 2 N–H and O–H groups in total. The summed E-state index contributed by atoms with van der Waals surface area (Å²) in [4.78, 5) is 14.1. The normalized spacial score (nSPS) is 18.4. The standard InChI is InChI=1S/C13H15N5O2/c19-8-11-2-1-7-18(11)13(20)10-5-3-9(4-6-10)12-14-16-17-15-12/h3-6,11,19H,1-2,7-8H2,(H,14,15,16,17)/t11-/m0/s1. The first-order valence-corrected chi connectivity index (χ1v) is 6.55. The predicted octanol–water partition coefficient (Wildman–Crippen LogP) is 0.464. The van der Waals surface area contributed by atoms with E-state index in [-0.39, 0.29) is 18.6 Å². The van der Waals surface area contributed by atoms with Crippen LogP contribution >= 0.6 is 0 Å². The van der Waals surface area contributed by atoms with Gasteiger partial charge in [0.05, 0.1) is 12.6 Å². The monoisotopic (exact) mass is 273 g/mol. The van der Waals surface area contributed by atoms with Crippen molar-refractivity contribution in [1.29, 1.82) is 0 Å². The molecule has 0 aliphatic carbocycles. The van der Waals surface area contributed by atoms with Crippen molar-refractivity contribution < 1.29 is 9.90 Å². The number of rotatable bonds is 3. The van der Waals surface area contributed by atoms with E-state index in [2.05, 4.69) is 20.6 Å². The molecule has 3 rings (SSSR count). The number of aromatic nitrogens is 4. The van der Waals surface area contributed by atoms with Gasteiger partial charge in [-0.3, -0.25) is 4.79 Å². The highest BCUT2D eigenvalue weighted by molar-refractivity contribution is 5.95. The number of nitrogens with one attached hydrogen (secondary N) is 1. The number of hydrogen-bond acceptors (Lipinski definition) is 5. The fourth-order valence-electron chi connectivity index (χ4n) is 2.50. The third kappa shape index (κ3) is 2.27. The second kappa shape index (κ2) is 5.38. The van der Waals surface area contributed by atoms with E-state index >= 15 is 0 Å². The van der Waals surface area contributed by atoms with E-state index in [1.807, 2.05) is 0 Å². The van der Waals surface area contributed by atoms with E-state index in [4.69, 9.17) is 0 Å². The average Bonchev–Trinajstić information content (AvgIpc) is 3.17. The van der Waals surface area contributed by atoms with Gasteiger partial charge in [-0.1, -0.05) is 12.1 Å². The molecule has 1 aromatic carbocycles. The highest BCUT2D eigenvalue weighted by Gasteiger charge is 2.28. The van der Waals surface area contributed by atoms with Crippen molar-refractivity contribution in [3.8, 4) is 11.4 Å². The molecule has 2 heterocycles. The lowest BCUT2D eigenvalue weighted by Gasteiger charge is -2.23. The SMILES string of the molecule is O=C(c1ccc(-c2nn[nH]n2)cc1)N1CCC[C@H]1CO. The first-order valence-electron chi connectivity index (χ1n) is 6.55. The number of nitrogens with zero attached hydrogens (tertiary/aromatic N) is 4. The molecule has 1 atom stereocenters. The molecule has 1 aliphatic heterocycles. The van der Waals surface area contributed by atoms with Crippen LogP contribution in [0.2, 0.25) is 0 Å². The fourth-order valence-corrected chi connectivity index (χ4v) is 2.50. The maximum atomic E-state index is 12.4. The summed E-state index contributed by atoms with van der Waals surface area (Å²) in [7, 11) is 0. The minimum Gasteiger partial charge on any atom is -0.394 e. The Morgan fingerprint density at radius 1 is 1.40 bits per heavy atom. The van der Waals surface area contributed by atoms with Gasteiger partial charge in [-0.25, -0.2) is 0 Å². The molecule has 0 spiro atoms. The summed E-state index contributed by atoms with van der Waals surface area (Å²) in [6, 6.07) is 7.03. The Bertz CT molecular complexity index is 581. The second-order valence-corrected chi connectivity index (χ2v) is 4.79. The maximum absolute atomic E-state index is 12.4. The van der Waals surface area contributed by atoms with Crippen molar-refractivity contribution in [2.75, 3.05) is 13.2 Å². The van der Waals surface area contributed by atoms with Gasteiger partial charge in [0.1, 0.15) is 0 Å². The minimum absolute atomic E-state index is 0.0205. The highest BCUT2D eigenvalue weighted by Crippen LogP contribution is 2.21. The number of aliphatic hydroxyl groups excluding tert-OH is 1. The van der Waals surface area contributed by atoms with Crippen LogP contribution in [-0.4, -0.2) is 55.7 Å². The Kier molecular flexibility index (Phi) is 3.42. The Morgan fingerprint density at radius 3 is 2.85 bits per heavy atom. The molecule has 7 heteroatoms. The van der Waals surface area contributed by atoms with Gasteiger partial charge in [0.15, 0.2) is 0 Å². The molecule has 1 saturated heterocycles. The van der Waals surface area contributed by atoms with Crippen molar-refractivity contribution >= 4 is 5.91 Å². The molecule has 7 nitrogen and oxygen atoms in total. The third-order valence-corrected chi connectivity index (χ3v) is 3.58. The van der Waals surface area contributed by atoms with Crippen LogP contribution in [0.5, 0.6) is 0 Å². The van der Waals surface area contributed by atoms with Gasteiger partial charge >= 0.3 is 0 Å². The number of carbonyl (C=O) groups is 1. The number of tetrazole rings is 1. The number of hydrogen-bond donors (Lipinski definition) is 2. The number of H-pyrrole nitrogens is 1. The van der Waals surface area contributed by atoms with Gasteiger partial charge in [0.2, 0.25) is 5.82 Å². The molecular formula is C13H15N5O2. The number of amides is 1. The molecule has 20 heavy (non-hydrogen) atoms. The fraction of sp³-hybridized carbons (Fsp3) is 0.385. The average molecular weight is 273 g/mol. The van der Waals surface area contributed by atoms with Crippen LogP contribution < -0.4 is 0 Å². The largest absolute Gasteiger partial charge is 0.394 e. The van der Waals surface area contributed by atoms with Crippen LogP contribution in [0, 0.1) is 0 Å². The first-order chi connectivity index (χ1) is 9.79. The molecule has 104 valence electrons. The van der Waals surface area contributed by atoms with Crippen LogP contribution in [0.1, 0.15) is 23.2 Å². The number of aliphatic hydroxyl groups is 1. The Labute approximate surface area is 115 Å². The number of carbonyl (C=O) groups excluding carboxylic acids is 1. The van der Waals surface area contributed by atoms with Crippen LogP contribution in [0.3, 0.4) is 0 Å². The summed E-state index contributed by atoms with van der Waals surface area (Å²) in [5.74, 6) is 0.458. The van der Waals surface area contributed by atoms with Crippen LogP contribution in [0.15, 0.2) is 24.3 Å². The number of likely N-dealkylation sites (tertiary alicyclic amines) is 1. The van der Waals surface area contributed by atoms with E-state index in [1.54, 1.807) is 29.2 Å². The Hall–Kier alpha value is -2.28. The van der Waals surface area contributed by atoms with E-state index < -0.39 is 0 Å². The minimum atomic E-state index is -0.0561. The lowest BCUT2D eigenvalue weighted by Crippen LogP contribution is -2.37. The molecule has 0 unspecified atom stereocenters. The second-order valence-electron chi connectivity index (χ2n) is 4.79. The molecular weight excluding hydrogens is 258 g/mol. The third-order valence-electron chi connectivity index (χ3n) is 3.58. The molecule has 0 saturated carbocycles. The van der Waals surface area contributed by atoms with Crippen LogP contribution in [0.25, 0.3) is 11.4 Å². The van der Waals surface area contributed by atoms with Crippen molar-refractivity contribution in [3.63, 3.8) is 0 Å². The number of benzene rings is 1. The zero-order chi connectivity index (χ0) is 13.9. The lowest BCUT2D eigenvalue weighted by molar-refractivity contribution is 0.0677. The smallest absolute Gasteiger partial charge is 0.254 e. The van der Waals surface area contributed by atoms with Crippen molar-refractivity contribution in [1.82, 2.24) is 25.5 Å². The Balaban J connectivity index is 1.79. The van der Waals surface area contributed by atoms with Crippen molar-refractivity contribution in [3.05, 3.63) is 29.8 Å². The molecule has 1 aromatic heterocycles. The van der Waals surface area contributed by atoms with E-state index in [1.165, 1.54) is 0 Å². The van der Waals surface area contributed by atoms with Crippen LogP contribution in [0.4, 0.5) is 0 Å². The predicted molar refractivity (Wildman–Crippen MR) is 70.8 cm³/mol. The van der Waals surface area contributed by atoms with Crippen molar-refractivity contribution in [2.24, 2.45) is 0 Å². The number of aromatic amines is 1. The summed E-state index contributed by atoms with van der Waals surface area (Å²) in [5, 5.41) is 22.9. The van der Waals surface area contributed by atoms with Gasteiger partial charge in [0, 0.05) is 17.7 Å². The van der Waals surface area contributed by atoms with Gasteiger partial charge < -0.3 is 10.0 Å². The molecule has 0 bridgehead atoms. The topological polar surface area (TPSA) is 95.0 Å². The van der Waals surface area contributed by atoms with Gasteiger partial charge in [-0.15, -0.1) is 10.2 Å². The molecule has 1 fully saturated rings. The highest BCUT2D eigenvalue weighted by atomic mass is 16.3. The van der Waals surface area contributed by atoms with E-state index in [9.17, 15) is 9.90 Å². The Morgan fingerprint density at radius 2 is 2.20 bits per heavy atom. The molecule has 2 aromatic rings. The molecule has 1 aliphatic rings. The summed E-state index contributed by atoms with van der Waals surface area (Å²) in [5.41, 5.74) is 1.41. The van der Waals surface area contributed by atoms with Crippen molar-refractivity contribution in [2.45, 2.75) is 18.9 Å². The van der Waals surface area contributed by atoms with E-state index in [0.717, 1.165) is 18.4 Å². The summed E-state index contributed by atoms with van der Waals surface area (Å²) in [6.45, 7) is 0.726. The first kappa shape index (κ1) is 12.7. The summed E-state index contributed by atoms with van der Waals surface area (Å²) in [6.07, 6.45) is 1.81. The van der Waals surface area contributed by atoms with Gasteiger partial charge in [-0.05, 0) is 30.2 Å². The molecule has 0 radical (unpaired) electrons. The zero-order valence-electron chi connectivity index (χ0n) is 10.9. The lowest BCUT2D eigenvalue weighted by atomic mass is 10.1. The quantitative estimate of drug-likeness (QED) is 0.847. The summed E-state index contributed by atoms with van der Waals surface area (Å²) < 4.78 is 0. The van der Waals surface area contributed by atoms with E-state index in [0.29, 0.717) is 17.9 Å². The van der Waals surface area contributed by atoms with Crippen LogP contribution in [-0.2, 0) is 0 Å². The summed E-state index contributed by atoms with van der Waals surface area (Å²) >= 11 is 0.